The Balaban J connectivity index is 2.67. The molecule has 0 aliphatic heterocycles. The summed E-state index contributed by atoms with van der Waals surface area (Å²) in [6.45, 7) is 12.1. The van der Waals surface area contributed by atoms with Gasteiger partial charge in [0.05, 0.1) is 19.8 Å². The van der Waals surface area contributed by atoms with Crippen LogP contribution in [0.25, 0.3) is 0 Å². The number of rotatable bonds is 11. The van der Waals surface area contributed by atoms with Gasteiger partial charge >= 0.3 is 0 Å². The fourth-order valence-electron chi connectivity index (χ4n) is 2.53. The van der Waals surface area contributed by atoms with E-state index in [4.69, 9.17) is 19.2 Å². The normalized spacial score (nSPS) is 13.3. The molecule has 6 heteroatoms. The summed E-state index contributed by atoms with van der Waals surface area (Å²) in [6.07, 6.45) is 1.03. The van der Waals surface area contributed by atoms with E-state index in [1.165, 1.54) is 0 Å². The van der Waals surface area contributed by atoms with Gasteiger partial charge in [0.1, 0.15) is 5.75 Å². The lowest BCUT2D eigenvalue weighted by Gasteiger charge is -2.30. The van der Waals surface area contributed by atoms with Gasteiger partial charge in [-0.25, -0.2) is 4.99 Å². The molecule has 0 heterocycles. The van der Waals surface area contributed by atoms with E-state index in [1.807, 2.05) is 31.2 Å². The van der Waals surface area contributed by atoms with Crippen molar-refractivity contribution >= 4 is 5.96 Å². The Hall–Kier alpha value is -1.79. The van der Waals surface area contributed by atoms with Crippen molar-refractivity contribution in [2.45, 2.75) is 46.8 Å². The molecule has 0 bridgehead atoms. The number of guanidine groups is 1. The zero-order valence-electron chi connectivity index (χ0n) is 17.8. The fourth-order valence-corrected chi connectivity index (χ4v) is 2.53. The minimum absolute atomic E-state index is 0.0534. The van der Waals surface area contributed by atoms with E-state index in [-0.39, 0.29) is 11.5 Å². The first-order valence-corrected chi connectivity index (χ1v) is 9.66. The van der Waals surface area contributed by atoms with Crippen molar-refractivity contribution in [3.63, 3.8) is 0 Å². The van der Waals surface area contributed by atoms with E-state index in [0.29, 0.717) is 13.1 Å². The van der Waals surface area contributed by atoms with Gasteiger partial charge in [0.15, 0.2) is 5.96 Å². The highest BCUT2D eigenvalue weighted by atomic mass is 16.5. The second-order valence-electron chi connectivity index (χ2n) is 7.46. The minimum atomic E-state index is 0.0534. The summed E-state index contributed by atoms with van der Waals surface area (Å²) in [7, 11) is 3.42. The molecule has 1 rings (SSSR count). The third-order valence-electron chi connectivity index (χ3n) is 4.25. The minimum Gasteiger partial charge on any atom is -0.497 e. The second-order valence-corrected chi connectivity index (χ2v) is 7.46. The van der Waals surface area contributed by atoms with Crippen molar-refractivity contribution in [1.29, 1.82) is 0 Å². The number of aliphatic imine (C=N–C) groups is 1. The van der Waals surface area contributed by atoms with Crippen molar-refractivity contribution < 1.29 is 14.2 Å². The van der Waals surface area contributed by atoms with Crippen LogP contribution in [0.3, 0.4) is 0 Å². The molecule has 0 aromatic heterocycles. The van der Waals surface area contributed by atoms with Crippen molar-refractivity contribution in [3.05, 3.63) is 29.8 Å². The molecule has 1 atom stereocenters. The lowest BCUT2D eigenvalue weighted by atomic mass is 9.89. The summed E-state index contributed by atoms with van der Waals surface area (Å²) < 4.78 is 16.2. The molecule has 0 amide bonds. The Bertz CT molecular complexity index is 539. The van der Waals surface area contributed by atoms with Crippen LogP contribution in [0.2, 0.25) is 0 Å². The zero-order valence-corrected chi connectivity index (χ0v) is 17.8. The first-order valence-electron chi connectivity index (χ1n) is 9.66. The topological polar surface area (TPSA) is 64.1 Å². The number of ether oxygens (including phenoxy) is 3. The molecule has 2 N–H and O–H groups in total. The highest BCUT2D eigenvalue weighted by molar-refractivity contribution is 5.79. The van der Waals surface area contributed by atoms with Crippen LogP contribution >= 0.6 is 0 Å². The maximum absolute atomic E-state index is 5.63. The van der Waals surface area contributed by atoms with E-state index in [1.54, 1.807) is 14.2 Å². The van der Waals surface area contributed by atoms with Crippen LogP contribution in [0.15, 0.2) is 29.3 Å². The van der Waals surface area contributed by atoms with Crippen LogP contribution in [0.1, 0.15) is 39.7 Å². The summed E-state index contributed by atoms with van der Waals surface area (Å²) in [4.78, 5) is 4.71. The third-order valence-corrected chi connectivity index (χ3v) is 4.25. The largest absolute Gasteiger partial charge is 0.497 e. The Morgan fingerprint density at radius 3 is 2.37 bits per heavy atom. The summed E-state index contributed by atoms with van der Waals surface area (Å²) in [5.41, 5.74) is 1.18. The summed E-state index contributed by atoms with van der Waals surface area (Å²) in [5.74, 6) is 1.64. The number of hydrogen-bond donors (Lipinski definition) is 2. The molecule has 6 nitrogen and oxygen atoms in total. The Labute approximate surface area is 164 Å². The molecule has 0 aliphatic rings. The number of nitrogens with one attached hydrogen (secondary N) is 2. The van der Waals surface area contributed by atoms with Gasteiger partial charge < -0.3 is 24.8 Å². The lowest BCUT2D eigenvalue weighted by molar-refractivity contribution is 0.0205. The fraction of sp³-hybridized carbons (Fsp3) is 0.667. The maximum Gasteiger partial charge on any atom is 0.191 e. The second kappa shape index (κ2) is 12.6. The third kappa shape index (κ3) is 9.63. The van der Waals surface area contributed by atoms with E-state index in [2.05, 4.69) is 31.4 Å². The van der Waals surface area contributed by atoms with Gasteiger partial charge in [0, 0.05) is 33.4 Å². The van der Waals surface area contributed by atoms with E-state index in [0.717, 1.165) is 43.5 Å². The molecule has 27 heavy (non-hydrogen) atoms. The number of methoxy groups -OCH3 is 2. The van der Waals surface area contributed by atoms with Gasteiger partial charge in [-0.1, -0.05) is 32.9 Å². The lowest BCUT2D eigenvalue weighted by Crippen LogP contribution is -2.45. The Morgan fingerprint density at radius 1 is 1.11 bits per heavy atom. The molecule has 1 unspecified atom stereocenters. The molecule has 0 aliphatic carbocycles. The molecule has 0 saturated carbocycles. The standard InChI is InChI=1S/C21H37N3O3/c1-7-27-14-8-13-22-20(24-16-19(26-6)21(2,3)4)23-15-17-9-11-18(25-5)12-10-17/h9-12,19H,7-8,13-16H2,1-6H3,(H2,22,23,24). The summed E-state index contributed by atoms with van der Waals surface area (Å²) in [6, 6.07) is 7.96. The molecular formula is C21H37N3O3. The van der Waals surface area contributed by atoms with Crippen LogP contribution in [0.4, 0.5) is 0 Å². The van der Waals surface area contributed by atoms with Crippen LogP contribution in [-0.2, 0) is 16.0 Å². The van der Waals surface area contributed by atoms with Gasteiger partial charge in [-0.05, 0) is 36.5 Å². The summed E-state index contributed by atoms with van der Waals surface area (Å²) >= 11 is 0. The molecule has 0 radical (unpaired) electrons. The van der Waals surface area contributed by atoms with Crippen molar-refractivity contribution in [2.24, 2.45) is 10.4 Å². The average Bonchev–Trinajstić information content (AvgIpc) is 2.65. The van der Waals surface area contributed by atoms with E-state index in [9.17, 15) is 0 Å². The van der Waals surface area contributed by atoms with E-state index >= 15 is 0 Å². The van der Waals surface area contributed by atoms with Gasteiger partial charge in [0.2, 0.25) is 0 Å². The van der Waals surface area contributed by atoms with Crippen molar-refractivity contribution in [1.82, 2.24) is 10.6 Å². The Kier molecular flexibility index (Phi) is 10.8. The van der Waals surface area contributed by atoms with E-state index < -0.39 is 0 Å². The van der Waals surface area contributed by atoms with Crippen LogP contribution in [0.5, 0.6) is 5.75 Å². The maximum atomic E-state index is 5.63. The van der Waals surface area contributed by atoms with Gasteiger partial charge in [-0.2, -0.15) is 0 Å². The highest BCUT2D eigenvalue weighted by Gasteiger charge is 2.24. The highest BCUT2D eigenvalue weighted by Crippen LogP contribution is 2.20. The molecule has 1 aromatic rings. The van der Waals surface area contributed by atoms with Crippen molar-refractivity contribution in [2.75, 3.05) is 40.5 Å². The van der Waals surface area contributed by atoms with Crippen LogP contribution in [-0.4, -0.2) is 52.6 Å². The first-order chi connectivity index (χ1) is 12.9. The monoisotopic (exact) mass is 379 g/mol. The van der Waals surface area contributed by atoms with Gasteiger partial charge in [-0.3, -0.25) is 0 Å². The molecule has 0 spiro atoms. The molecule has 0 fully saturated rings. The van der Waals surface area contributed by atoms with Gasteiger partial charge in [-0.15, -0.1) is 0 Å². The molecule has 1 aromatic carbocycles. The zero-order chi connectivity index (χ0) is 20.1. The van der Waals surface area contributed by atoms with Crippen LogP contribution < -0.4 is 15.4 Å². The van der Waals surface area contributed by atoms with Gasteiger partial charge in [0.25, 0.3) is 0 Å². The predicted octanol–water partition coefficient (Wildman–Crippen LogP) is 3.22. The Morgan fingerprint density at radius 2 is 1.81 bits per heavy atom. The smallest absolute Gasteiger partial charge is 0.191 e. The molecular weight excluding hydrogens is 342 g/mol. The summed E-state index contributed by atoms with van der Waals surface area (Å²) in [5, 5.41) is 6.79. The average molecular weight is 380 g/mol. The quantitative estimate of drug-likeness (QED) is 0.351. The van der Waals surface area contributed by atoms with Crippen molar-refractivity contribution in [3.8, 4) is 5.75 Å². The number of nitrogens with zero attached hydrogens (tertiary/aromatic N) is 1. The number of benzene rings is 1. The first kappa shape index (κ1) is 23.2. The molecule has 0 saturated heterocycles. The molecule has 154 valence electrons. The predicted molar refractivity (Wildman–Crippen MR) is 112 cm³/mol. The SMILES string of the molecule is CCOCCCNC(=NCc1ccc(OC)cc1)NCC(OC)C(C)(C)C. The number of hydrogen-bond acceptors (Lipinski definition) is 4. The van der Waals surface area contributed by atoms with Crippen LogP contribution in [0, 0.1) is 5.41 Å².